The van der Waals surface area contributed by atoms with Crippen LogP contribution in [0.2, 0.25) is 0 Å². The summed E-state index contributed by atoms with van der Waals surface area (Å²) in [7, 11) is -4.80. The fraction of sp³-hybridized carbons (Fsp3) is 0.409. The van der Waals surface area contributed by atoms with Gasteiger partial charge in [0, 0.05) is 29.3 Å². The van der Waals surface area contributed by atoms with E-state index in [2.05, 4.69) is 9.17 Å². The second-order valence-electron chi connectivity index (χ2n) is 8.58. The lowest BCUT2D eigenvalue weighted by Gasteiger charge is -2.51. The molecular formula is C22H22F3N3O5S. The van der Waals surface area contributed by atoms with E-state index in [9.17, 15) is 31.6 Å². The van der Waals surface area contributed by atoms with Crippen LogP contribution in [-0.4, -0.2) is 32.0 Å². The lowest BCUT2D eigenvalue weighted by atomic mass is 9.52. The Morgan fingerprint density at radius 3 is 2.41 bits per heavy atom. The summed E-state index contributed by atoms with van der Waals surface area (Å²) >= 11 is 0. The van der Waals surface area contributed by atoms with Crippen LogP contribution >= 0.6 is 0 Å². The fourth-order valence-electron chi connectivity index (χ4n) is 4.08. The van der Waals surface area contributed by atoms with E-state index in [0.29, 0.717) is 17.7 Å². The summed E-state index contributed by atoms with van der Waals surface area (Å²) < 4.78 is 71.5. The maximum atomic E-state index is 13.0. The summed E-state index contributed by atoms with van der Waals surface area (Å²) in [5.74, 6) is -1.80. The minimum atomic E-state index is -6.07. The molecule has 2 unspecified atom stereocenters. The van der Waals surface area contributed by atoms with Gasteiger partial charge < -0.3 is 14.7 Å². The molecule has 1 aliphatic rings. The SMILES string of the molecule is COC(=O)CC1CC(c2cc(-c3ccc(N)cc3)c(C#N)c(OS(=O)(=O)C(F)(F)F)n2)C1(C)C. The molecule has 2 aromatic rings. The molecule has 1 fully saturated rings. The van der Waals surface area contributed by atoms with Crippen LogP contribution < -0.4 is 9.92 Å². The van der Waals surface area contributed by atoms with Crippen molar-refractivity contribution < 1.29 is 35.3 Å². The number of alkyl halides is 3. The maximum absolute atomic E-state index is 13.0. The molecule has 0 amide bonds. The zero-order valence-corrected chi connectivity index (χ0v) is 19.3. The smallest absolute Gasteiger partial charge is 0.469 e. The van der Waals surface area contributed by atoms with Gasteiger partial charge in [-0.2, -0.15) is 26.9 Å². The number of nitrogens with two attached hydrogens (primary N) is 1. The average Bonchev–Trinajstić information content (AvgIpc) is 2.75. The summed E-state index contributed by atoms with van der Waals surface area (Å²) in [4.78, 5) is 15.8. The van der Waals surface area contributed by atoms with E-state index in [0.717, 1.165) is 0 Å². The molecule has 1 aromatic carbocycles. The third-order valence-corrected chi connectivity index (χ3v) is 7.22. The van der Waals surface area contributed by atoms with Crippen LogP contribution in [-0.2, 0) is 19.6 Å². The van der Waals surface area contributed by atoms with Gasteiger partial charge in [0.25, 0.3) is 5.88 Å². The van der Waals surface area contributed by atoms with Gasteiger partial charge in [0.15, 0.2) is 0 Å². The maximum Gasteiger partial charge on any atom is 0.534 e. The number of benzene rings is 1. The standard InChI is InChI=1S/C22H22F3N3O5S/c1-21(2)13(9-19(29)32-3)8-17(21)18-10-15(12-4-6-14(27)7-5-12)16(11-26)20(28-18)33-34(30,31)22(23,24)25/h4-7,10,13,17H,8-9,27H2,1-3H3. The van der Waals surface area contributed by atoms with Crippen molar-refractivity contribution in [2.45, 2.75) is 38.1 Å². The number of nitrogen functional groups attached to an aromatic ring is 1. The Bertz CT molecular complexity index is 1250. The van der Waals surface area contributed by atoms with Crippen molar-refractivity contribution in [2.24, 2.45) is 11.3 Å². The molecule has 1 heterocycles. The van der Waals surface area contributed by atoms with Crippen LogP contribution in [0.4, 0.5) is 18.9 Å². The molecule has 2 atom stereocenters. The van der Waals surface area contributed by atoms with Crippen molar-refractivity contribution in [1.82, 2.24) is 4.98 Å². The number of rotatable bonds is 6. The molecule has 0 spiro atoms. The predicted molar refractivity (Wildman–Crippen MR) is 116 cm³/mol. The first-order valence-electron chi connectivity index (χ1n) is 10.1. The molecule has 0 saturated heterocycles. The predicted octanol–water partition coefficient (Wildman–Crippen LogP) is 4.12. The number of ether oxygens (including phenoxy) is 1. The molecule has 3 rings (SSSR count). The Labute approximate surface area is 194 Å². The van der Waals surface area contributed by atoms with E-state index >= 15 is 0 Å². The van der Waals surface area contributed by atoms with Crippen LogP contribution in [0.15, 0.2) is 30.3 Å². The van der Waals surface area contributed by atoms with Crippen molar-refractivity contribution in [1.29, 1.82) is 5.26 Å². The van der Waals surface area contributed by atoms with Crippen molar-refractivity contribution in [3.05, 3.63) is 41.6 Å². The number of carbonyl (C=O) groups is 1. The van der Waals surface area contributed by atoms with Gasteiger partial charge in [-0.3, -0.25) is 4.79 Å². The van der Waals surface area contributed by atoms with E-state index in [1.807, 2.05) is 13.8 Å². The van der Waals surface area contributed by atoms with Gasteiger partial charge >= 0.3 is 21.6 Å². The molecule has 2 N–H and O–H groups in total. The van der Waals surface area contributed by atoms with Gasteiger partial charge in [-0.1, -0.05) is 26.0 Å². The number of halogens is 3. The monoisotopic (exact) mass is 497 g/mol. The molecule has 1 saturated carbocycles. The number of hydrogen-bond donors (Lipinski definition) is 1. The lowest BCUT2D eigenvalue weighted by Crippen LogP contribution is -2.44. The number of aromatic nitrogens is 1. The number of nitriles is 1. The second-order valence-corrected chi connectivity index (χ2v) is 10.1. The van der Waals surface area contributed by atoms with E-state index in [-0.39, 0.29) is 29.5 Å². The molecular weight excluding hydrogens is 475 g/mol. The van der Waals surface area contributed by atoms with Crippen molar-refractivity contribution >= 4 is 21.8 Å². The number of methoxy groups -OCH3 is 1. The number of nitrogens with zero attached hydrogens (tertiary/aromatic N) is 2. The number of anilines is 1. The highest BCUT2D eigenvalue weighted by atomic mass is 32.2. The minimum Gasteiger partial charge on any atom is -0.469 e. The molecule has 1 aromatic heterocycles. The van der Waals surface area contributed by atoms with Crippen molar-refractivity contribution in [3.8, 4) is 23.1 Å². The zero-order chi connectivity index (χ0) is 25.5. The second kappa shape index (κ2) is 8.79. The topological polar surface area (TPSA) is 132 Å². The Hall–Kier alpha value is -3.33. The molecule has 1 aliphatic carbocycles. The Balaban J connectivity index is 2.14. The average molecular weight is 497 g/mol. The fourth-order valence-corrected chi connectivity index (χ4v) is 4.50. The number of esters is 1. The molecule has 34 heavy (non-hydrogen) atoms. The van der Waals surface area contributed by atoms with Gasteiger partial charge in [0.05, 0.1) is 7.11 Å². The van der Waals surface area contributed by atoms with Gasteiger partial charge in [0.2, 0.25) is 0 Å². The molecule has 0 radical (unpaired) electrons. The molecule has 0 aliphatic heterocycles. The summed E-state index contributed by atoms with van der Waals surface area (Å²) in [5, 5.41) is 9.66. The number of hydrogen-bond acceptors (Lipinski definition) is 8. The third-order valence-electron chi connectivity index (χ3n) is 6.28. The van der Waals surface area contributed by atoms with Gasteiger partial charge in [-0.15, -0.1) is 0 Å². The Kier molecular flexibility index (Phi) is 6.54. The van der Waals surface area contributed by atoms with Crippen LogP contribution in [0.25, 0.3) is 11.1 Å². The van der Waals surface area contributed by atoms with Gasteiger partial charge in [-0.25, -0.2) is 4.98 Å². The minimum absolute atomic E-state index is 0.0920. The zero-order valence-electron chi connectivity index (χ0n) is 18.5. The lowest BCUT2D eigenvalue weighted by molar-refractivity contribution is -0.145. The van der Waals surface area contributed by atoms with E-state index in [1.54, 1.807) is 18.2 Å². The summed E-state index contributed by atoms with van der Waals surface area (Å²) in [6.45, 7) is 3.73. The van der Waals surface area contributed by atoms with Crippen LogP contribution in [0.5, 0.6) is 5.88 Å². The first kappa shape index (κ1) is 25.3. The quantitative estimate of drug-likeness (QED) is 0.273. The Morgan fingerprint density at radius 1 is 1.29 bits per heavy atom. The summed E-state index contributed by atoms with van der Waals surface area (Å²) in [5.41, 5.74) is 0.217. The van der Waals surface area contributed by atoms with Crippen LogP contribution in [0, 0.1) is 22.7 Å². The highest BCUT2D eigenvalue weighted by Gasteiger charge is 2.51. The van der Waals surface area contributed by atoms with Crippen molar-refractivity contribution in [2.75, 3.05) is 12.8 Å². The summed E-state index contributed by atoms with van der Waals surface area (Å²) in [6.07, 6.45) is 0.598. The van der Waals surface area contributed by atoms with Crippen molar-refractivity contribution in [3.63, 3.8) is 0 Å². The van der Waals surface area contributed by atoms with E-state index in [1.165, 1.54) is 25.3 Å². The number of carbonyl (C=O) groups excluding carboxylic acids is 1. The van der Waals surface area contributed by atoms with E-state index in [4.69, 9.17) is 10.5 Å². The first-order valence-corrected chi connectivity index (χ1v) is 11.5. The van der Waals surface area contributed by atoms with E-state index < -0.39 is 38.5 Å². The third kappa shape index (κ3) is 4.65. The van der Waals surface area contributed by atoms with Crippen LogP contribution in [0.1, 0.15) is 43.9 Å². The number of pyridine rings is 1. The van der Waals surface area contributed by atoms with Gasteiger partial charge in [0.1, 0.15) is 11.6 Å². The highest BCUT2D eigenvalue weighted by Crippen LogP contribution is 2.58. The molecule has 0 bridgehead atoms. The normalized spacial score (nSPS) is 19.6. The first-order chi connectivity index (χ1) is 15.7. The molecule has 8 nitrogen and oxygen atoms in total. The largest absolute Gasteiger partial charge is 0.534 e. The molecule has 182 valence electrons. The highest BCUT2D eigenvalue weighted by molar-refractivity contribution is 7.87. The van der Waals surface area contributed by atoms with Gasteiger partial charge in [-0.05, 0) is 41.5 Å². The van der Waals surface area contributed by atoms with Crippen LogP contribution in [0.3, 0.4) is 0 Å². The molecule has 12 heteroatoms. The summed E-state index contributed by atoms with van der Waals surface area (Å²) in [6, 6.07) is 9.38. The Morgan fingerprint density at radius 2 is 1.91 bits per heavy atom.